The third-order valence-corrected chi connectivity index (χ3v) is 5.26. The minimum absolute atomic E-state index is 0.0463. The van der Waals surface area contributed by atoms with E-state index in [4.69, 9.17) is 9.47 Å². The van der Waals surface area contributed by atoms with Crippen LogP contribution in [0.4, 0.5) is 4.79 Å². The van der Waals surface area contributed by atoms with Crippen LogP contribution in [0.2, 0.25) is 0 Å². The van der Waals surface area contributed by atoms with E-state index in [1.807, 2.05) is 35.4 Å². The summed E-state index contributed by atoms with van der Waals surface area (Å²) in [6.07, 6.45) is 0.909. The third-order valence-electron chi connectivity index (χ3n) is 4.44. The molecular formula is C18H23N3O3S. The summed E-state index contributed by atoms with van der Waals surface area (Å²) >= 11 is 1.59. The summed E-state index contributed by atoms with van der Waals surface area (Å²) in [7, 11) is 3.28. The molecule has 1 fully saturated rings. The highest BCUT2D eigenvalue weighted by Crippen LogP contribution is 2.39. The van der Waals surface area contributed by atoms with Crippen LogP contribution in [0.1, 0.15) is 28.6 Å². The first-order valence-electron chi connectivity index (χ1n) is 8.27. The van der Waals surface area contributed by atoms with Gasteiger partial charge in [-0.2, -0.15) is 0 Å². The number of rotatable bonds is 5. The topological polar surface area (TPSA) is 63.7 Å². The van der Waals surface area contributed by atoms with E-state index < -0.39 is 0 Å². The number of hydrogen-bond donors (Lipinski definition) is 1. The van der Waals surface area contributed by atoms with E-state index in [0.717, 1.165) is 40.7 Å². The molecule has 1 aromatic heterocycles. The maximum absolute atomic E-state index is 12.4. The molecule has 1 aliphatic heterocycles. The van der Waals surface area contributed by atoms with Gasteiger partial charge < -0.3 is 19.7 Å². The summed E-state index contributed by atoms with van der Waals surface area (Å²) in [5.74, 6) is 1.73. The lowest BCUT2D eigenvalue weighted by molar-refractivity contribution is 0.207. The lowest BCUT2D eigenvalue weighted by Gasteiger charge is -2.19. The van der Waals surface area contributed by atoms with Crippen molar-refractivity contribution in [3.8, 4) is 11.5 Å². The standard InChI is InChI=1S/C18H23N3O3S/c1-12-20-14(11-25-12)9-19-18(22)21-8-7-13(10-21)15-5-4-6-16(23-2)17(15)24-3/h4-6,11,13H,7-10H2,1-3H3,(H,19,22)/t13-/m0/s1. The quantitative estimate of drug-likeness (QED) is 0.888. The number of urea groups is 1. The number of nitrogens with zero attached hydrogens (tertiary/aromatic N) is 2. The van der Waals surface area contributed by atoms with Gasteiger partial charge in [-0.3, -0.25) is 0 Å². The Labute approximate surface area is 151 Å². The lowest BCUT2D eigenvalue weighted by atomic mass is 9.97. The zero-order valence-electron chi connectivity index (χ0n) is 14.7. The van der Waals surface area contributed by atoms with Gasteiger partial charge in [0.15, 0.2) is 11.5 Å². The summed E-state index contributed by atoms with van der Waals surface area (Å²) in [5, 5.41) is 5.94. The van der Waals surface area contributed by atoms with Gasteiger partial charge in [0.2, 0.25) is 0 Å². The number of aryl methyl sites for hydroxylation is 1. The first-order valence-corrected chi connectivity index (χ1v) is 9.15. The van der Waals surface area contributed by atoms with Gasteiger partial charge >= 0.3 is 6.03 Å². The Morgan fingerprint density at radius 1 is 1.40 bits per heavy atom. The van der Waals surface area contributed by atoms with Crippen LogP contribution >= 0.6 is 11.3 Å². The Morgan fingerprint density at radius 3 is 2.92 bits per heavy atom. The van der Waals surface area contributed by atoms with Gasteiger partial charge in [0.05, 0.1) is 31.5 Å². The molecule has 1 aromatic carbocycles. The monoisotopic (exact) mass is 361 g/mol. The molecule has 0 unspecified atom stereocenters. The fraction of sp³-hybridized carbons (Fsp3) is 0.444. The van der Waals surface area contributed by atoms with Crippen LogP contribution in [-0.2, 0) is 6.54 Å². The molecule has 2 amide bonds. The largest absolute Gasteiger partial charge is 0.493 e. The molecule has 134 valence electrons. The zero-order chi connectivity index (χ0) is 17.8. The Balaban J connectivity index is 1.62. The Morgan fingerprint density at radius 2 is 2.24 bits per heavy atom. The molecule has 6 nitrogen and oxygen atoms in total. The first kappa shape index (κ1) is 17.5. The van der Waals surface area contributed by atoms with E-state index >= 15 is 0 Å². The molecule has 1 N–H and O–H groups in total. The van der Waals surface area contributed by atoms with Crippen molar-refractivity contribution in [2.75, 3.05) is 27.3 Å². The molecule has 3 rings (SSSR count). The van der Waals surface area contributed by atoms with Crippen LogP contribution in [0.25, 0.3) is 0 Å². The van der Waals surface area contributed by atoms with Gasteiger partial charge in [-0.05, 0) is 19.4 Å². The van der Waals surface area contributed by atoms with Crippen molar-refractivity contribution in [1.82, 2.24) is 15.2 Å². The van der Waals surface area contributed by atoms with E-state index in [1.165, 1.54) is 0 Å². The highest BCUT2D eigenvalue weighted by atomic mass is 32.1. The average molecular weight is 361 g/mol. The highest BCUT2D eigenvalue weighted by molar-refractivity contribution is 7.09. The summed E-state index contributed by atoms with van der Waals surface area (Å²) in [5.41, 5.74) is 1.99. The minimum atomic E-state index is -0.0463. The molecule has 1 aliphatic rings. The number of para-hydroxylation sites is 1. The third kappa shape index (κ3) is 3.87. The van der Waals surface area contributed by atoms with Gasteiger partial charge in [-0.15, -0.1) is 11.3 Å². The summed E-state index contributed by atoms with van der Waals surface area (Å²) in [6.45, 7) is 3.83. The van der Waals surface area contributed by atoms with Crippen molar-refractivity contribution in [3.05, 3.63) is 39.8 Å². The van der Waals surface area contributed by atoms with E-state index in [2.05, 4.69) is 10.3 Å². The number of thiazole rings is 1. The molecule has 0 radical (unpaired) electrons. The fourth-order valence-corrected chi connectivity index (χ4v) is 3.81. The molecule has 0 spiro atoms. The minimum Gasteiger partial charge on any atom is -0.493 e. The number of benzene rings is 1. The molecule has 2 heterocycles. The molecule has 1 saturated heterocycles. The van der Waals surface area contributed by atoms with Crippen molar-refractivity contribution in [1.29, 1.82) is 0 Å². The van der Waals surface area contributed by atoms with Crippen molar-refractivity contribution < 1.29 is 14.3 Å². The van der Waals surface area contributed by atoms with Crippen molar-refractivity contribution in [3.63, 3.8) is 0 Å². The average Bonchev–Trinajstić information content (AvgIpc) is 3.28. The lowest BCUT2D eigenvalue weighted by Crippen LogP contribution is -2.38. The van der Waals surface area contributed by atoms with Crippen molar-refractivity contribution in [2.45, 2.75) is 25.8 Å². The van der Waals surface area contributed by atoms with E-state index in [1.54, 1.807) is 25.6 Å². The normalized spacial score (nSPS) is 16.8. The molecule has 0 aliphatic carbocycles. The van der Waals surface area contributed by atoms with Crippen LogP contribution in [0, 0.1) is 6.92 Å². The summed E-state index contributed by atoms with van der Waals surface area (Å²) < 4.78 is 10.9. The van der Waals surface area contributed by atoms with Crippen LogP contribution in [0.5, 0.6) is 11.5 Å². The van der Waals surface area contributed by atoms with E-state index in [-0.39, 0.29) is 11.9 Å². The van der Waals surface area contributed by atoms with E-state index in [9.17, 15) is 4.79 Å². The zero-order valence-corrected chi connectivity index (χ0v) is 15.6. The number of carbonyl (C=O) groups excluding carboxylic acids is 1. The van der Waals surface area contributed by atoms with Gasteiger partial charge in [0.25, 0.3) is 0 Å². The number of aromatic nitrogens is 1. The molecule has 2 aromatic rings. The molecule has 0 bridgehead atoms. The number of nitrogens with one attached hydrogen (secondary N) is 1. The van der Waals surface area contributed by atoms with Gasteiger partial charge in [-0.25, -0.2) is 9.78 Å². The molecule has 25 heavy (non-hydrogen) atoms. The molecular weight excluding hydrogens is 338 g/mol. The predicted molar refractivity (Wildman–Crippen MR) is 97.6 cm³/mol. The van der Waals surface area contributed by atoms with Gasteiger partial charge in [-0.1, -0.05) is 12.1 Å². The second kappa shape index (κ2) is 7.74. The van der Waals surface area contributed by atoms with Crippen molar-refractivity contribution >= 4 is 17.4 Å². The summed E-state index contributed by atoms with van der Waals surface area (Å²) in [6, 6.07) is 5.85. The van der Waals surface area contributed by atoms with Crippen LogP contribution in [-0.4, -0.2) is 43.2 Å². The Hall–Kier alpha value is -2.28. The van der Waals surface area contributed by atoms with Gasteiger partial charge in [0, 0.05) is 30.0 Å². The van der Waals surface area contributed by atoms with Crippen LogP contribution in [0.15, 0.2) is 23.6 Å². The van der Waals surface area contributed by atoms with Gasteiger partial charge in [0.1, 0.15) is 0 Å². The number of carbonyl (C=O) groups is 1. The fourth-order valence-electron chi connectivity index (χ4n) is 3.20. The molecule has 7 heteroatoms. The molecule has 0 saturated carbocycles. The van der Waals surface area contributed by atoms with Crippen LogP contribution < -0.4 is 14.8 Å². The maximum atomic E-state index is 12.4. The number of methoxy groups -OCH3 is 2. The SMILES string of the molecule is COc1cccc([C@H]2CCN(C(=O)NCc3csc(C)n3)C2)c1OC. The van der Waals surface area contributed by atoms with Crippen LogP contribution in [0.3, 0.4) is 0 Å². The highest BCUT2D eigenvalue weighted by Gasteiger charge is 2.30. The smallest absolute Gasteiger partial charge is 0.317 e. The number of ether oxygens (including phenoxy) is 2. The second-order valence-electron chi connectivity index (χ2n) is 6.03. The number of likely N-dealkylation sites (tertiary alicyclic amines) is 1. The Kier molecular flexibility index (Phi) is 5.43. The molecule has 1 atom stereocenters. The first-order chi connectivity index (χ1) is 12.1. The van der Waals surface area contributed by atoms with Crippen molar-refractivity contribution in [2.24, 2.45) is 0 Å². The second-order valence-corrected chi connectivity index (χ2v) is 7.09. The Bertz CT molecular complexity index is 747. The van der Waals surface area contributed by atoms with E-state index in [0.29, 0.717) is 13.1 Å². The number of amides is 2. The predicted octanol–water partition coefficient (Wildman–Crippen LogP) is 3.17. The maximum Gasteiger partial charge on any atom is 0.317 e. The number of hydrogen-bond acceptors (Lipinski definition) is 5. The summed E-state index contributed by atoms with van der Waals surface area (Å²) in [4.78, 5) is 18.6.